The Labute approximate surface area is 118 Å². The van der Waals surface area contributed by atoms with E-state index in [1.165, 1.54) is 24.4 Å². The molecule has 0 amide bonds. The van der Waals surface area contributed by atoms with Crippen LogP contribution in [-0.4, -0.2) is 13.4 Å². The summed E-state index contributed by atoms with van der Waals surface area (Å²) < 4.78 is 40.6. The van der Waals surface area contributed by atoms with Crippen LogP contribution in [0.3, 0.4) is 0 Å². The summed E-state index contributed by atoms with van der Waals surface area (Å²) in [7, 11) is -3.96. The van der Waals surface area contributed by atoms with Crippen LogP contribution in [0.25, 0.3) is 0 Å². The van der Waals surface area contributed by atoms with Gasteiger partial charge in [0.25, 0.3) is 10.0 Å². The molecule has 2 aromatic rings. The molecule has 7 heteroatoms. The van der Waals surface area contributed by atoms with E-state index in [0.717, 1.165) is 6.07 Å². The van der Waals surface area contributed by atoms with Crippen molar-refractivity contribution in [2.45, 2.75) is 11.8 Å². The average molecular weight is 345 g/mol. The Hall–Kier alpha value is -1.47. The lowest BCUT2D eigenvalue weighted by Gasteiger charge is -2.09. The molecule has 0 aliphatic carbocycles. The number of anilines is 1. The number of benzene rings is 1. The molecule has 19 heavy (non-hydrogen) atoms. The third-order valence-electron chi connectivity index (χ3n) is 2.36. The van der Waals surface area contributed by atoms with E-state index >= 15 is 0 Å². The van der Waals surface area contributed by atoms with E-state index in [1.807, 2.05) is 0 Å². The number of nitrogens with one attached hydrogen (secondary N) is 1. The molecule has 2 rings (SSSR count). The number of hydrogen-bond donors (Lipinski definition) is 1. The summed E-state index contributed by atoms with van der Waals surface area (Å²) in [6.45, 7) is 1.69. The maximum Gasteiger partial charge on any atom is 0.264 e. The number of aryl methyl sites for hydroxylation is 1. The molecule has 1 N–H and O–H groups in total. The van der Waals surface area contributed by atoms with Crippen LogP contribution in [0.5, 0.6) is 0 Å². The molecule has 0 saturated carbocycles. The van der Waals surface area contributed by atoms with E-state index in [0.29, 0.717) is 10.2 Å². The summed E-state index contributed by atoms with van der Waals surface area (Å²) in [6, 6.07) is 7.04. The first-order valence-electron chi connectivity index (χ1n) is 5.29. The molecule has 100 valence electrons. The van der Waals surface area contributed by atoms with Gasteiger partial charge in [-0.25, -0.2) is 17.8 Å². The fourth-order valence-electron chi connectivity index (χ4n) is 1.46. The van der Waals surface area contributed by atoms with Crippen LogP contribution < -0.4 is 4.72 Å². The molecule has 0 saturated heterocycles. The SMILES string of the molecule is Cc1ccc(F)c(S(=O)(=O)Nc2ccc(Br)nc2)c1. The summed E-state index contributed by atoms with van der Waals surface area (Å²) in [4.78, 5) is 3.51. The molecule has 0 spiro atoms. The normalized spacial score (nSPS) is 11.3. The first-order chi connectivity index (χ1) is 8.88. The van der Waals surface area contributed by atoms with Gasteiger partial charge in [-0.05, 0) is 52.7 Å². The predicted molar refractivity (Wildman–Crippen MR) is 73.9 cm³/mol. The Bertz CT molecular complexity index is 702. The molecule has 0 aliphatic heterocycles. The van der Waals surface area contributed by atoms with Crippen LogP contribution in [0.2, 0.25) is 0 Å². The van der Waals surface area contributed by atoms with Crippen LogP contribution >= 0.6 is 15.9 Å². The van der Waals surface area contributed by atoms with Crippen molar-refractivity contribution in [3.8, 4) is 0 Å². The van der Waals surface area contributed by atoms with Crippen LogP contribution in [0, 0.1) is 12.7 Å². The number of nitrogens with zero attached hydrogens (tertiary/aromatic N) is 1. The zero-order valence-corrected chi connectivity index (χ0v) is 12.3. The highest BCUT2D eigenvalue weighted by Gasteiger charge is 2.19. The lowest BCUT2D eigenvalue weighted by molar-refractivity contribution is 0.570. The Morgan fingerprint density at radius 1 is 1.26 bits per heavy atom. The zero-order valence-electron chi connectivity index (χ0n) is 9.89. The Kier molecular flexibility index (Phi) is 3.86. The highest BCUT2D eigenvalue weighted by atomic mass is 79.9. The molecular weight excluding hydrogens is 335 g/mol. The topological polar surface area (TPSA) is 59.1 Å². The van der Waals surface area contributed by atoms with E-state index in [4.69, 9.17) is 0 Å². The van der Waals surface area contributed by atoms with Gasteiger partial charge in [0.05, 0.1) is 11.9 Å². The zero-order chi connectivity index (χ0) is 14.0. The van der Waals surface area contributed by atoms with Crippen molar-refractivity contribution in [3.05, 3.63) is 52.5 Å². The number of hydrogen-bond acceptors (Lipinski definition) is 3. The molecule has 0 unspecified atom stereocenters. The Morgan fingerprint density at radius 2 is 2.00 bits per heavy atom. The summed E-state index contributed by atoms with van der Waals surface area (Å²) in [6.07, 6.45) is 1.34. The fourth-order valence-corrected chi connectivity index (χ4v) is 2.90. The van der Waals surface area contributed by atoms with Gasteiger partial charge < -0.3 is 0 Å². The van der Waals surface area contributed by atoms with Gasteiger partial charge in [-0.15, -0.1) is 0 Å². The molecule has 0 radical (unpaired) electrons. The van der Waals surface area contributed by atoms with Crippen LogP contribution in [0.4, 0.5) is 10.1 Å². The molecule has 4 nitrogen and oxygen atoms in total. The summed E-state index contributed by atoms with van der Waals surface area (Å²) in [5, 5.41) is 0. The molecule has 0 atom stereocenters. The van der Waals surface area contributed by atoms with Crippen molar-refractivity contribution in [1.29, 1.82) is 0 Å². The van der Waals surface area contributed by atoms with Crippen molar-refractivity contribution in [3.63, 3.8) is 0 Å². The van der Waals surface area contributed by atoms with Gasteiger partial charge >= 0.3 is 0 Å². The van der Waals surface area contributed by atoms with E-state index in [-0.39, 0.29) is 10.6 Å². The first kappa shape index (κ1) is 14.0. The molecular formula is C12H10BrFN2O2S. The number of pyridine rings is 1. The maximum atomic E-state index is 13.6. The number of aromatic nitrogens is 1. The fraction of sp³-hybridized carbons (Fsp3) is 0.0833. The molecule has 1 aromatic carbocycles. The van der Waals surface area contributed by atoms with Gasteiger partial charge in [-0.1, -0.05) is 6.07 Å². The van der Waals surface area contributed by atoms with Crippen molar-refractivity contribution in [1.82, 2.24) is 4.98 Å². The van der Waals surface area contributed by atoms with E-state index in [1.54, 1.807) is 13.0 Å². The molecule has 1 aromatic heterocycles. The monoisotopic (exact) mass is 344 g/mol. The second kappa shape index (κ2) is 5.26. The van der Waals surface area contributed by atoms with Crippen molar-refractivity contribution >= 4 is 31.6 Å². The quantitative estimate of drug-likeness (QED) is 0.870. The van der Waals surface area contributed by atoms with E-state index in [2.05, 4.69) is 25.6 Å². The van der Waals surface area contributed by atoms with Gasteiger partial charge in [0, 0.05) is 0 Å². The van der Waals surface area contributed by atoms with Gasteiger partial charge in [0.15, 0.2) is 0 Å². The van der Waals surface area contributed by atoms with Crippen molar-refractivity contribution in [2.24, 2.45) is 0 Å². The standard InChI is InChI=1S/C12H10BrFN2O2S/c1-8-2-4-10(14)11(6-8)19(17,18)16-9-3-5-12(13)15-7-9/h2-7,16H,1H3. The third kappa shape index (κ3) is 3.30. The van der Waals surface area contributed by atoms with Crippen LogP contribution in [0.15, 0.2) is 46.0 Å². The highest BCUT2D eigenvalue weighted by molar-refractivity contribution is 9.10. The molecule has 0 aliphatic rings. The number of halogens is 2. The third-order valence-corrected chi connectivity index (χ3v) is 4.22. The van der Waals surface area contributed by atoms with Gasteiger partial charge in [0.2, 0.25) is 0 Å². The second-order valence-corrected chi connectivity index (χ2v) is 6.37. The summed E-state index contributed by atoms with van der Waals surface area (Å²) >= 11 is 3.14. The Balaban J connectivity index is 2.37. The second-order valence-electron chi connectivity index (χ2n) is 3.91. The minimum Gasteiger partial charge on any atom is -0.278 e. The lowest BCUT2D eigenvalue weighted by Crippen LogP contribution is -2.15. The molecule has 1 heterocycles. The number of rotatable bonds is 3. The van der Waals surface area contributed by atoms with Crippen LogP contribution in [0.1, 0.15) is 5.56 Å². The maximum absolute atomic E-state index is 13.6. The summed E-state index contributed by atoms with van der Waals surface area (Å²) in [5.74, 6) is -0.789. The average Bonchev–Trinajstić information content (AvgIpc) is 2.35. The number of sulfonamides is 1. The minimum absolute atomic E-state index is 0.268. The Morgan fingerprint density at radius 3 is 2.63 bits per heavy atom. The lowest BCUT2D eigenvalue weighted by atomic mass is 10.2. The van der Waals surface area contributed by atoms with Crippen molar-refractivity contribution < 1.29 is 12.8 Å². The largest absolute Gasteiger partial charge is 0.278 e. The molecule has 0 fully saturated rings. The van der Waals surface area contributed by atoms with Gasteiger partial charge in [-0.3, -0.25) is 4.72 Å². The predicted octanol–water partition coefficient (Wildman–Crippen LogP) is 3.09. The minimum atomic E-state index is -3.96. The smallest absolute Gasteiger partial charge is 0.264 e. The summed E-state index contributed by atoms with van der Waals surface area (Å²) in [5.41, 5.74) is 0.930. The van der Waals surface area contributed by atoms with Crippen molar-refractivity contribution in [2.75, 3.05) is 4.72 Å². The van der Waals surface area contributed by atoms with Gasteiger partial charge in [-0.2, -0.15) is 0 Å². The van der Waals surface area contributed by atoms with E-state index < -0.39 is 15.8 Å². The van der Waals surface area contributed by atoms with Gasteiger partial charge in [0.1, 0.15) is 15.3 Å². The van der Waals surface area contributed by atoms with E-state index in [9.17, 15) is 12.8 Å². The highest BCUT2D eigenvalue weighted by Crippen LogP contribution is 2.20. The molecule has 0 bridgehead atoms. The first-order valence-corrected chi connectivity index (χ1v) is 7.56. The van der Waals surface area contributed by atoms with Crippen LogP contribution in [-0.2, 0) is 10.0 Å².